The third kappa shape index (κ3) is 7.11. The van der Waals surface area contributed by atoms with E-state index >= 15 is 0 Å². The predicted octanol–water partition coefficient (Wildman–Crippen LogP) is 3.24. The second kappa shape index (κ2) is 10.6. The number of carbonyl (C=O) groups excluding carboxylic acids is 1. The van der Waals surface area contributed by atoms with Crippen molar-refractivity contribution in [2.24, 2.45) is 0 Å². The Kier molecular flexibility index (Phi) is 7.80. The van der Waals surface area contributed by atoms with Crippen LogP contribution in [0.15, 0.2) is 36.7 Å². The Morgan fingerprint density at radius 3 is 2.52 bits per heavy atom. The van der Waals surface area contributed by atoms with Crippen LogP contribution in [0.2, 0.25) is 0 Å². The zero-order valence-electron chi connectivity index (χ0n) is 19.7. The molecule has 1 aromatic heterocycles. The van der Waals surface area contributed by atoms with Crippen molar-refractivity contribution in [1.82, 2.24) is 14.9 Å². The molecule has 178 valence electrons. The van der Waals surface area contributed by atoms with Gasteiger partial charge in [-0.15, -0.1) is 0 Å². The van der Waals surface area contributed by atoms with Gasteiger partial charge in [-0.1, -0.05) is 30.3 Å². The molecule has 2 heterocycles. The molecule has 0 amide bonds. The second-order valence-electron chi connectivity index (χ2n) is 9.27. The average Bonchev–Trinajstić information content (AvgIpc) is 2.74. The van der Waals surface area contributed by atoms with Crippen LogP contribution in [-0.2, 0) is 16.1 Å². The highest BCUT2D eigenvalue weighted by molar-refractivity contribution is 5.79. The molecule has 1 aliphatic heterocycles. The monoisotopic (exact) mass is 456 g/mol. The molecular weight excluding hydrogens is 424 g/mol. The summed E-state index contributed by atoms with van der Waals surface area (Å²) in [5, 5.41) is 15.1. The van der Waals surface area contributed by atoms with Gasteiger partial charge in [0, 0.05) is 32.7 Å². The Labute approximate surface area is 194 Å². The SMILES string of the molecule is CN(CC(=O)OC(C)(C)C)c1ncnc(NC2CCN(Cc3ccccc3)CC2)c1[N+](=O)[O-]. The molecule has 10 heteroatoms. The Balaban J connectivity index is 1.65. The first-order valence-electron chi connectivity index (χ1n) is 11.1. The van der Waals surface area contributed by atoms with Gasteiger partial charge in [0.2, 0.25) is 11.6 Å². The van der Waals surface area contributed by atoms with E-state index < -0.39 is 16.5 Å². The summed E-state index contributed by atoms with van der Waals surface area (Å²) in [6.45, 7) is 7.81. The highest BCUT2D eigenvalue weighted by Crippen LogP contribution is 2.32. The van der Waals surface area contributed by atoms with E-state index in [1.54, 1.807) is 27.8 Å². The minimum absolute atomic E-state index is 0.0645. The number of nitrogens with zero attached hydrogens (tertiary/aromatic N) is 5. The van der Waals surface area contributed by atoms with E-state index in [1.807, 2.05) is 18.2 Å². The summed E-state index contributed by atoms with van der Waals surface area (Å²) in [7, 11) is 1.57. The van der Waals surface area contributed by atoms with Gasteiger partial charge in [0.05, 0.1) is 4.92 Å². The number of hydrogen-bond acceptors (Lipinski definition) is 9. The Hall–Kier alpha value is -3.27. The highest BCUT2D eigenvalue weighted by Gasteiger charge is 2.29. The number of hydrogen-bond donors (Lipinski definition) is 1. The number of piperidine rings is 1. The molecule has 0 aliphatic carbocycles. The van der Waals surface area contributed by atoms with Crippen LogP contribution in [0.4, 0.5) is 17.3 Å². The van der Waals surface area contributed by atoms with E-state index in [0.29, 0.717) is 0 Å². The first kappa shape index (κ1) is 24.4. The maximum Gasteiger partial charge on any atom is 0.353 e. The molecule has 0 radical (unpaired) electrons. The number of rotatable bonds is 8. The number of aromatic nitrogens is 2. The summed E-state index contributed by atoms with van der Waals surface area (Å²) in [5.74, 6) is -0.245. The maximum atomic E-state index is 12.2. The molecule has 1 aromatic carbocycles. The Morgan fingerprint density at radius 2 is 1.91 bits per heavy atom. The number of likely N-dealkylation sites (N-methyl/N-ethyl adjacent to an activating group) is 1. The molecule has 0 saturated carbocycles. The van der Waals surface area contributed by atoms with Crippen molar-refractivity contribution in [2.45, 2.75) is 51.8 Å². The van der Waals surface area contributed by atoms with Crippen molar-refractivity contribution < 1.29 is 14.5 Å². The fourth-order valence-corrected chi connectivity index (χ4v) is 3.84. The third-order valence-corrected chi connectivity index (χ3v) is 5.31. The minimum Gasteiger partial charge on any atom is -0.459 e. The van der Waals surface area contributed by atoms with Gasteiger partial charge in [-0.2, -0.15) is 0 Å². The third-order valence-electron chi connectivity index (χ3n) is 5.31. The quantitative estimate of drug-likeness (QED) is 0.363. The summed E-state index contributed by atoms with van der Waals surface area (Å²) in [5.41, 5.74) is 0.390. The molecule has 1 aliphatic rings. The summed E-state index contributed by atoms with van der Waals surface area (Å²) in [4.78, 5) is 35.6. The molecule has 0 spiro atoms. The first-order valence-corrected chi connectivity index (χ1v) is 11.1. The summed E-state index contributed by atoms with van der Waals surface area (Å²) in [6, 6.07) is 10.4. The minimum atomic E-state index is -0.641. The van der Waals surface area contributed by atoms with E-state index in [1.165, 1.54) is 16.8 Å². The van der Waals surface area contributed by atoms with E-state index in [2.05, 4.69) is 32.3 Å². The number of anilines is 2. The average molecular weight is 457 g/mol. The lowest BCUT2D eigenvalue weighted by Gasteiger charge is -2.32. The molecule has 10 nitrogen and oxygen atoms in total. The molecule has 0 bridgehead atoms. The summed E-state index contributed by atoms with van der Waals surface area (Å²) < 4.78 is 5.32. The number of nitro groups is 1. The normalized spacial score (nSPS) is 15.2. The predicted molar refractivity (Wildman–Crippen MR) is 126 cm³/mol. The molecular formula is C23H32N6O4. The molecule has 0 unspecified atom stereocenters. The van der Waals surface area contributed by atoms with Gasteiger partial charge in [0.15, 0.2) is 0 Å². The Morgan fingerprint density at radius 1 is 1.24 bits per heavy atom. The van der Waals surface area contributed by atoms with Gasteiger partial charge in [0.1, 0.15) is 18.5 Å². The van der Waals surface area contributed by atoms with Crippen molar-refractivity contribution in [3.63, 3.8) is 0 Å². The molecule has 1 N–H and O–H groups in total. The fourth-order valence-electron chi connectivity index (χ4n) is 3.84. The lowest BCUT2D eigenvalue weighted by atomic mass is 10.0. The zero-order valence-corrected chi connectivity index (χ0v) is 19.7. The molecule has 33 heavy (non-hydrogen) atoms. The van der Waals surface area contributed by atoms with E-state index in [0.717, 1.165) is 32.5 Å². The highest BCUT2D eigenvalue weighted by atomic mass is 16.6. The molecule has 0 atom stereocenters. The van der Waals surface area contributed by atoms with Gasteiger partial charge >= 0.3 is 11.7 Å². The van der Waals surface area contributed by atoms with Gasteiger partial charge in [0.25, 0.3) is 0 Å². The lowest BCUT2D eigenvalue weighted by molar-refractivity contribution is -0.383. The maximum absolute atomic E-state index is 12.2. The van der Waals surface area contributed by atoms with E-state index in [4.69, 9.17) is 4.74 Å². The Bertz CT molecular complexity index is 955. The molecule has 3 rings (SSSR count). The van der Waals surface area contributed by atoms with Crippen molar-refractivity contribution in [3.05, 3.63) is 52.3 Å². The van der Waals surface area contributed by atoms with Crippen molar-refractivity contribution in [1.29, 1.82) is 0 Å². The van der Waals surface area contributed by atoms with Gasteiger partial charge < -0.3 is 15.0 Å². The van der Waals surface area contributed by atoms with Crippen LogP contribution in [0.3, 0.4) is 0 Å². The molecule has 1 saturated heterocycles. The van der Waals surface area contributed by atoms with E-state index in [9.17, 15) is 14.9 Å². The lowest BCUT2D eigenvalue weighted by Crippen LogP contribution is -2.39. The topological polar surface area (TPSA) is 114 Å². The van der Waals surface area contributed by atoms with Gasteiger partial charge in [-0.05, 0) is 39.2 Å². The van der Waals surface area contributed by atoms with Crippen LogP contribution in [0.5, 0.6) is 0 Å². The van der Waals surface area contributed by atoms with Crippen LogP contribution in [0.1, 0.15) is 39.2 Å². The van der Waals surface area contributed by atoms with Crippen molar-refractivity contribution in [2.75, 3.05) is 36.9 Å². The number of ether oxygens (including phenoxy) is 1. The van der Waals surface area contributed by atoms with Gasteiger partial charge in [-0.3, -0.25) is 19.8 Å². The summed E-state index contributed by atoms with van der Waals surface area (Å²) >= 11 is 0. The van der Waals surface area contributed by atoms with Gasteiger partial charge in [-0.25, -0.2) is 9.97 Å². The van der Waals surface area contributed by atoms with Crippen molar-refractivity contribution >= 4 is 23.3 Å². The zero-order chi connectivity index (χ0) is 24.0. The van der Waals surface area contributed by atoms with Crippen LogP contribution >= 0.6 is 0 Å². The summed E-state index contributed by atoms with van der Waals surface area (Å²) in [6.07, 6.45) is 2.97. The first-order chi connectivity index (χ1) is 15.6. The number of nitrogens with one attached hydrogen (secondary N) is 1. The standard InChI is InChI=1S/C23H32N6O4/c1-23(2,3)33-19(30)15-27(4)22-20(29(31)32)21(24-16-25-22)26-18-10-12-28(13-11-18)14-17-8-6-5-7-9-17/h5-9,16,18H,10-15H2,1-4H3,(H,24,25,26). The molecule has 1 fully saturated rings. The number of carbonyl (C=O) groups is 1. The second-order valence-corrected chi connectivity index (χ2v) is 9.27. The number of likely N-dealkylation sites (tertiary alicyclic amines) is 1. The number of benzene rings is 1. The van der Waals surface area contributed by atoms with Crippen LogP contribution in [0.25, 0.3) is 0 Å². The largest absolute Gasteiger partial charge is 0.459 e. The smallest absolute Gasteiger partial charge is 0.353 e. The van der Waals surface area contributed by atoms with E-state index in [-0.39, 0.29) is 29.9 Å². The number of esters is 1. The van der Waals surface area contributed by atoms with Crippen LogP contribution in [-0.4, -0.2) is 64.1 Å². The van der Waals surface area contributed by atoms with Crippen LogP contribution in [0, 0.1) is 10.1 Å². The fraction of sp³-hybridized carbons (Fsp3) is 0.522. The van der Waals surface area contributed by atoms with Crippen molar-refractivity contribution in [3.8, 4) is 0 Å². The van der Waals surface area contributed by atoms with Crippen LogP contribution < -0.4 is 10.2 Å². The molecule has 2 aromatic rings.